The van der Waals surface area contributed by atoms with Crippen molar-refractivity contribution in [2.75, 3.05) is 14.1 Å². The van der Waals surface area contributed by atoms with Crippen LogP contribution in [0.3, 0.4) is 0 Å². The summed E-state index contributed by atoms with van der Waals surface area (Å²) in [6, 6.07) is 0.813. The summed E-state index contributed by atoms with van der Waals surface area (Å²) in [5, 5.41) is 0. The molecule has 0 spiro atoms. The van der Waals surface area contributed by atoms with Gasteiger partial charge in [0.15, 0.2) is 0 Å². The lowest BCUT2D eigenvalue weighted by atomic mass is 9.99. The minimum atomic E-state index is 0.813. The van der Waals surface area contributed by atoms with Gasteiger partial charge >= 0.3 is 0 Å². The Kier molecular flexibility index (Phi) is 18.8. The van der Waals surface area contributed by atoms with E-state index in [1.54, 1.807) is 0 Å². The van der Waals surface area contributed by atoms with Gasteiger partial charge in [-0.05, 0) is 39.8 Å². The predicted molar refractivity (Wildman–Crippen MR) is 112 cm³/mol. The molecule has 0 aromatic rings. The second-order valence-electron chi connectivity index (χ2n) is 7.87. The van der Waals surface area contributed by atoms with E-state index in [1.165, 1.54) is 109 Å². The first-order valence-electron chi connectivity index (χ1n) is 11.0. The van der Waals surface area contributed by atoms with Crippen LogP contribution in [0.5, 0.6) is 0 Å². The number of unbranched alkanes of at least 4 members (excludes halogenated alkanes) is 13. The fourth-order valence-electron chi connectivity index (χ4n) is 3.55. The van der Waals surface area contributed by atoms with Crippen molar-refractivity contribution in [1.29, 1.82) is 0 Å². The van der Waals surface area contributed by atoms with E-state index in [4.69, 9.17) is 0 Å². The standard InChI is InChI=1S/C23H47N/c1-5-7-9-11-13-14-16-18-20-22-23(24(3)4)21-19-17-15-12-10-8-6-2/h5,23H,1,6-22H2,2-4H3. The van der Waals surface area contributed by atoms with Gasteiger partial charge < -0.3 is 4.90 Å². The van der Waals surface area contributed by atoms with E-state index < -0.39 is 0 Å². The highest BCUT2D eigenvalue weighted by Gasteiger charge is 2.10. The summed E-state index contributed by atoms with van der Waals surface area (Å²) in [6.07, 6.45) is 25.9. The van der Waals surface area contributed by atoms with Crippen molar-refractivity contribution in [1.82, 2.24) is 4.90 Å². The van der Waals surface area contributed by atoms with Crippen molar-refractivity contribution in [2.45, 2.75) is 122 Å². The zero-order valence-corrected chi connectivity index (χ0v) is 17.3. The smallest absolute Gasteiger partial charge is 0.00891 e. The van der Waals surface area contributed by atoms with Crippen LogP contribution in [-0.2, 0) is 0 Å². The molecule has 1 heteroatoms. The van der Waals surface area contributed by atoms with Gasteiger partial charge in [0.05, 0.1) is 0 Å². The van der Waals surface area contributed by atoms with Gasteiger partial charge in [-0.15, -0.1) is 6.58 Å². The van der Waals surface area contributed by atoms with Gasteiger partial charge in [-0.2, -0.15) is 0 Å². The minimum Gasteiger partial charge on any atom is -0.306 e. The fraction of sp³-hybridized carbons (Fsp3) is 0.913. The first-order valence-corrected chi connectivity index (χ1v) is 11.0. The lowest BCUT2D eigenvalue weighted by Crippen LogP contribution is -2.27. The van der Waals surface area contributed by atoms with Gasteiger partial charge in [0.25, 0.3) is 0 Å². The highest BCUT2D eigenvalue weighted by atomic mass is 15.1. The van der Waals surface area contributed by atoms with E-state index in [0.717, 1.165) is 6.04 Å². The first kappa shape index (κ1) is 23.7. The second kappa shape index (κ2) is 19.0. The van der Waals surface area contributed by atoms with Gasteiger partial charge in [0, 0.05) is 6.04 Å². The van der Waals surface area contributed by atoms with Crippen LogP contribution in [0.4, 0.5) is 0 Å². The molecule has 0 aliphatic rings. The maximum atomic E-state index is 3.79. The van der Waals surface area contributed by atoms with E-state index >= 15 is 0 Å². The summed E-state index contributed by atoms with van der Waals surface area (Å²) in [6.45, 7) is 6.09. The van der Waals surface area contributed by atoms with Crippen molar-refractivity contribution < 1.29 is 0 Å². The topological polar surface area (TPSA) is 3.24 Å². The lowest BCUT2D eigenvalue weighted by molar-refractivity contribution is 0.251. The Morgan fingerprint density at radius 2 is 1.08 bits per heavy atom. The van der Waals surface area contributed by atoms with Crippen LogP contribution in [0.15, 0.2) is 12.7 Å². The molecular formula is C23H47N. The van der Waals surface area contributed by atoms with Gasteiger partial charge in [-0.25, -0.2) is 0 Å². The quantitative estimate of drug-likeness (QED) is 0.172. The molecule has 1 unspecified atom stereocenters. The zero-order valence-electron chi connectivity index (χ0n) is 17.3. The van der Waals surface area contributed by atoms with Crippen molar-refractivity contribution in [3.8, 4) is 0 Å². The first-order chi connectivity index (χ1) is 11.7. The maximum Gasteiger partial charge on any atom is 0.00891 e. The molecule has 0 fully saturated rings. The van der Waals surface area contributed by atoms with E-state index in [-0.39, 0.29) is 0 Å². The molecule has 0 aromatic heterocycles. The van der Waals surface area contributed by atoms with Crippen LogP contribution in [-0.4, -0.2) is 25.0 Å². The van der Waals surface area contributed by atoms with E-state index in [2.05, 4.69) is 32.5 Å². The number of allylic oxidation sites excluding steroid dienone is 1. The van der Waals surface area contributed by atoms with Crippen molar-refractivity contribution >= 4 is 0 Å². The van der Waals surface area contributed by atoms with Crippen molar-refractivity contribution in [2.24, 2.45) is 0 Å². The van der Waals surface area contributed by atoms with Crippen LogP contribution in [0.25, 0.3) is 0 Å². The van der Waals surface area contributed by atoms with E-state index in [9.17, 15) is 0 Å². The Balaban J connectivity index is 3.48. The maximum absolute atomic E-state index is 3.79. The van der Waals surface area contributed by atoms with Gasteiger partial charge in [-0.3, -0.25) is 0 Å². The Hall–Kier alpha value is -0.300. The molecular weight excluding hydrogens is 290 g/mol. The molecule has 0 bridgehead atoms. The molecule has 0 saturated carbocycles. The Labute approximate surface area is 154 Å². The summed E-state index contributed by atoms with van der Waals surface area (Å²) < 4.78 is 0. The summed E-state index contributed by atoms with van der Waals surface area (Å²) in [5.41, 5.74) is 0. The van der Waals surface area contributed by atoms with Gasteiger partial charge in [0.1, 0.15) is 0 Å². The monoisotopic (exact) mass is 337 g/mol. The molecule has 0 amide bonds. The molecule has 0 aliphatic heterocycles. The Morgan fingerprint density at radius 1 is 0.667 bits per heavy atom. The average molecular weight is 338 g/mol. The van der Waals surface area contributed by atoms with Crippen molar-refractivity contribution in [3.63, 3.8) is 0 Å². The molecule has 1 atom stereocenters. The summed E-state index contributed by atoms with van der Waals surface area (Å²) in [4.78, 5) is 2.46. The molecule has 0 N–H and O–H groups in total. The van der Waals surface area contributed by atoms with Crippen LogP contribution >= 0.6 is 0 Å². The lowest BCUT2D eigenvalue weighted by Gasteiger charge is -2.24. The SMILES string of the molecule is C=CCCCCCCCCCC(CCCCCCCCC)N(C)C. The number of nitrogens with zero attached hydrogens (tertiary/aromatic N) is 1. The molecule has 24 heavy (non-hydrogen) atoms. The molecule has 0 heterocycles. The average Bonchev–Trinajstić information content (AvgIpc) is 2.57. The second-order valence-corrected chi connectivity index (χ2v) is 7.87. The zero-order chi connectivity index (χ0) is 17.9. The normalized spacial score (nSPS) is 12.7. The largest absolute Gasteiger partial charge is 0.306 e. The molecule has 144 valence electrons. The molecule has 0 radical (unpaired) electrons. The number of hydrogen-bond acceptors (Lipinski definition) is 1. The van der Waals surface area contributed by atoms with Crippen LogP contribution < -0.4 is 0 Å². The Morgan fingerprint density at radius 3 is 1.50 bits per heavy atom. The minimum absolute atomic E-state index is 0.813. The number of hydrogen-bond donors (Lipinski definition) is 0. The highest BCUT2D eigenvalue weighted by molar-refractivity contribution is 4.67. The third kappa shape index (κ3) is 16.6. The third-order valence-electron chi connectivity index (χ3n) is 5.32. The van der Waals surface area contributed by atoms with Gasteiger partial charge in [-0.1, -0.05) is 96.5 Å². The molecule has 0 rings (SSSR count). The highest BCUT2D eigenvalue weighted by Crippen LogP contribution is 2.17. The van der Waals surface area contributed by atoms with E-state index in [1.807, 2.05) is 6.08 Å². The fourth-order valence-corrected chi connectivity index (χ4v) is 3.55. The third-order valence-corrected chi connectivity index (χ3v) is 5.32. The van der Waals surface area contributed by atoms with Crippen LogP contribution in [0.2, 0.25) is 0 Å². The molecule has 0 saturated heterocycles. The molecule has 1 nitrogen and oxygen atoms in total. The Bertz CT molecular complexity index is 246. The summed E-state index contributed by atoms with van der Waals surface area (Å²) in [7, 11) is 4.54. The summed E-state index contributed by atoms with van der Waals surface area (Å²) in [5.74, 6) is 0. The van der Waals surface area contributed by atoms with Crippen molar-refractivity contribution in [3.05, 3.63) is 12.7 Å². The van der Waals surface area contributed by atoms with E-state index in [0.29, 0.717) is 0 Å². The predicted octanol–water partition coefficient (Wildman–Crippen LogP) is 7.75. The van der Waals surface area contributed by atoms with Crippen LogP contribution in [0.1, 0.15) is 116 Å². The number of rotatable bonds is 19. The van der Waals surface area contributed by atoms with Crippen LogP contribution in [0, 0.1) is 0 Å². The molecule has 0 aliphatic carbocycles. The van der Waals surface area contributed by atoms with Gasteiger partial charge in [0.2, 0.25) is 0 Å². The summed E-state index contributed by atoms with van der Waals surface area (Å²) >= 11 is 0. The molecule has 0 aromatic carbocycles.